The number of rotatable bonds is 2. The predicted molar refractivity (Wildman–Crippen MR) is 91.4 cm³/mol. The molecule has 1 aromatic carbocycles. The second-order valence-corrected chi connectivity index (χ2v) is 8.20. The maximum atomic E-state index is 6.26. The zero-order chi connectivity index (χ0) is 14.2. The van der Waals surface area contributed by atoms with Crippen LogP contribution in [-0.2, 0) is 12.8 Å². The largest absolute Gasteiger partial charge is 0.329 e. The number of halogens is 1. The molecule has 0 radical (unpaired) electrons. The fourth-order valence-electron chi connectivity index (χ4n) is 3.78. The molecule has 0 bridgehead atoms. The average molecular weight is 355 g/mol. The molecule has 0 saturated carbocycles. The maximum Gasteiger partial charge on any atom is 0.0378 e. The quantitative estimate of drug-likeness (QED) is 0.884. The Morgan fingerprint density at radius 2 is 2.30 bits per heavy atom. The van der Waals surface area contributed by atoms with Gasteiger partial charge in [0.25, 0.3) is 0 Å². The van der Waals surface area contributed by atoms with Gasteiger partial charge in [0.1, 0.15) is 0 Å². The molecule has 1 heterocycles. The number of hydrogen-bond donors (Lipinski definition) is 1. The highest BCUT2D eigenvalue weighted by molar-refractivity contribution is 9.10. The van der Waals surface area contributed by atoms with Crippen molar-refractivity contribution in [1.29, 1.82) is 0 Å². The minimum atomic E-state index is 0.182. The van der Waals surface area contributed by atoms with Gasteiger partial charge in [-0.3, -0.25) is 4.90 Å². The van der Waals surface area contributed by atoms with Gasteiger partial charge in [-0.05, 0) is 49.4 Å². The van der Waals surface area contributed by atoms with E-state index in [4.69, 9.17) is 5.73 Å². The molecule has 2 aliphatic rings. The normalized spacial score (nSPS) is 31.1. The van der Waals surface area contributed by atoms with E-state index in [2.05, 4.69) is 57.7 Å². The molecular formula is C16H23BrN2S. The SMILES string of the molecule is CC1CSCCN1C1(CN)CCc2cc(Br)ccc2C1. The molecule has 2 nitrogen and oxygen atoms in total. The van der Waals surface area contributed by atoms with E-state index < -0.39 is 0 Å². The van der Waals surface area contributed by atoms with Crippen molar-refractivity contribution >= 4 is 27.7 Å². The van der Waals surface area contributed by atoms with Gasteiger partial charge < -0.3 is 5.73 Å². The van der Waals surface area contributed by atoms with Gasteiger partial charge in [0.05, 0.1) is 0 Å². The summed E-state index contributed by atoms with van der Waals surface area (Å²) >= 11 is 5.66. The summed E-state index contributed by atoms with van der Waals surface area (Å²) in [5.41, 5.74) is 9.44. The molecule has 1 aromatic rings. The Kier molecular flexibility index (Phi) is 4.46. The van der Waals surface area contributed by atoms with E-state index in [-0.39, 0.29) is 5.54 Å². The van der Waals surface area contributed by atoms with Crippen LogP contribution in [0.4, 0.5) is 0 Å². The molecule has 2 N–H and O–H groups in total. The van der Waals surface area contributed by atoms with Crippen LogP contribution >= 0.6 is 27.7 Å². The van der Waals surface area contributed by atoms with E-state index in [1.165, 1.54) is 40.1 Å². The number of hydrogen-bond acceptors (Lipinski definition) is 3. The summed E-state index contributed by atoms with van der Waals surface area (Å²) < 4.78 is 1.19. The van der Waals surface area contributed by atoms with Crippen LogP contribution < -0.4 is 5.73 Å². The summed E-state index contributed by atoms with van der Waals surface area (Å²) in [4.78, 5) is 2.70. The first-order chi connectivity index (χ1) is 9.64. The van der Waals surface area contributed by atoms with Gasteiger partial charge in [-0.25, -0.2) is 0 Å². The van der Waals surface area contributed by atoms with Crippen molar-refractivity contribution in [3.8, 4) is 0 Å². The Balaban J connectivity index is 1.89. The molecule has 1 saturated heterocycles. The highest BCUT2D eigenvalue weighted by atomic mass is 79.9. The van der Waals surface area contributed by atoms with Crippen molar-refractivity contribution in [2.24, 2.45) is 5.73 Å². The number of fused-ring (bicyclic) bond motifs is 1. The van der Waals surface area contributed by atoms with Gasteiger partial charge in [0, 0.05) is 40.6 Å². The minimum absolute atomic E-state index is 0.182. The zero-order valence-electron chi connectivity index (χ0n) is 12.1. The van der Waals surface area contributed by atoms with Gasteiger partial charge in [-0.15, -0.1) is 0 Å². The van der Waals surface area contributed by atoms with Crippen molar-refractivity contribution in [3.05, 3.63) is 33.8 Å². The van der Waals surface area contributed by atoms with Crippen molar-refractivity contribution in [2.75, 3.05) is 24.6 Å². The summed E-state index contributed by atoms with van der Waals surface area (Å²) in [5, 5.41) is 0. The lowest BCUT2D eigenvalue weighted by atomic mass is 9.76. The number of thioether (sulfide) groups is 1. The van der Waals surface area contributed by atoms with Gasteiger partial charge in [0.2, 0.25) is 0 Å². The van der Waals surface area contributed by atoms with Gasteiger partial charge in [-0.1, -0.05) is 22.0 Å². The summed E-state index contributed by atoms with van der Waals surface area (Å²) in [6.07, 6.45) is 3.46. The second kappa shape index (κ2) is 5.99. The molecule has 3 rings (SSSR count). The van der Waals surface area contributed by atoms with Crippen LogP contribution in [0.5, 0.6) is 0 Å². The number of nitrogens with two attached hydrogens (primary N) is 1. The van der Waals surface area contributed by atoms with Crippen LogP contribution in [0.25, 0.3) is 0 Å². The lowest BCUT2D eigenvalue weighted by Gasteiger charge is -2.51. The third-order valence-electron chi connectivity index (χ3n) is 4.90. The zero-order valence-corrected chi connectivity index (χ0v) is 14.5. The first-order valence-electron chi connectivity index (χ1n) is 7.46. The lowest BCUT2D eigenvalue weighted by molar-refractivity contribution is 0.0542. The van der Waals surface area contributed by atoms with Crippen LogP contribution in [-0.4, -0.2) is 41.1 Å². The molecule has 2 unspecified atom stereocenters. The van der Waals surface area contributed by atoms with Gasteiger partial charge in [-0.2, -0.15) is 11.8 Å². The molecule has 110 valence electrons. The first-order valence-corrected chi connectivity index (χ1v) is 9.41. The van der Waals surface area contributed by atoms with E-state index in [1.807, 2.05) is 0 Å². The second-order valence-electron chi connectivity index (χ2n) is 6.14. The molecule has 2 atom stereocenters. The van der Waals surface area contributed by atoms with Crippen molar-refractivity contribution in [3.63, 3.8) is 0 Å². The Morgan fingerprint density at radius 1 is 1.45 bits per heavy atom. The van der Waals surface area contributed by atoms with Gasteiger partial charge in [0.15, 0.2) is 0 Å². The Labute approximate surface area is 134 Å². The molecule has 4 heteroatoms. The third-order valence-corrected chi connectivity index (χ3v) is 6.59. The average Bonchev–Trinajstić information content (AvgIpc) is 2.47. The van der Waals surface area contributed by atoms with E-state index in [9.17, 15) is 0 Å². The maximum absolute atomic E-state index is 6.26. The van der Waals surface area contributed by atoms with Crippen LogP contribution in [0.1, 0.15) is 24.5 Å². The van der Waals surface area contributed by atoms with E-state index in [0.29, 0.717) is 6.04 Å². The number of benzene rings is 1. The summed E-state index contributed by atoms with van der Waals surface area (Å²) in [6, 6.07) is 7.38. The number of aryl methyl sites for hydroxylation is 1. The molecular weight excluding hydrogens is 332 g/mol. The monoisotopic (exact) mass is 354 g/mol. The Morgan fingerprint density at radius 3 is 3.05 bits per heavy atom. The minimum Gasteiger partial charge on any atom is -0.329 e. The smallest absolute Gasteiger partial charge is 0.0378 e. The van der Waals surface area contributed by atoms with Crippen LogP contribution in [0.3, 0.4) is 0 Å². The van der Waals surface area contributed by atoms with Crippen LogP contribution in [0, 0.1) is 0 Å². The fourth-order valence-corrected chi connectivity index (χ4v) is 5.20. The number of nitrogens with zero attached hydrogens (tertiary/aromatic N) is 1. The Hall–Kier alpha value is -0.0300. The van der Waals surface area contributed by atoms with E-state index in [0.717, 1.165) is 19.4 Å². The van der Waals surface area contributed by atoms with Crippen LogP contribution in [0.15, 0.2) is 22.7 Å². The Bertz CT molecular complexity index is 493. The third kappa shape index (κ3) is 2.68. The molecule has 0 spiro atoms. The fraction of sp³-hybridized carbons (Fsp3) is 0.625. The van der Waals surface area contributed by atoms with Crippen molar-refractivity contribution in [1.82, 2.24) is 4.90 Å². The summed E-state index contributed by atoms with van der Waals surface area (Å²) in [6.45, 7) is 4.33. The molecule has 1 fully saturated rings. The van der Waals surface area contributed by atoms with Crippen LogP contribution in [0.2, 0.25) is 0 Å². The summed E-state index contributed by atoms with van der Waals surface area (Å²) in [7, 11) is 0. The first kappa shape index (κ1) is 14.9. The molecule has 0 amide bonds. The lowest BCUT2D eigenvalue weighted by Crippen LogP contribution is -2.62. The molecule has 1 aliphatic carbocycles. The van der Waals surface area contributed by atoms with E-state index >= 15 is 0 Å². The molecule has 1 aliphatic heterocycles. The highest BCUT2D eigenvalue weighted by Gasteiger charge is 2.41. The standard InChI is InChI=1S/C16H23BrN2S/c1-12-10-20-7-6-19(12)16(11-18)5-4-13-8-15(17)3-2-14(13)9-16/h2-3,8,12H,4-7,9-11,18H2,1H3. The predicted octanol–water partition coefficient (Wildman–Crippen LogP) is 3.07. The molecule has 0 aromatic heterocycles. The highest BCUT2D eigenvalue weighted by Crippen LogP contribution is 2.37. The van der Waals surface area contributed by atoms with Crippen molar-refractivity contribution in [2.45, 2.75) is 37.8 Å². The van der Waals surface area contributed by atoms with E-state index in [1.54, 1.807) is 0 Å². The molecule has 20 heavy (non-hydrogen) atoms. The van der Waals surface area contributed by atoms with Crippen molar-refractivity contribution < 1.29 is 0 Å². The van der Waals surface area contributed by atoms with Gasteiger partial charge >= 0.3 is 0 Å². The topological polar surface area (TPSA) is 29.3 Å². The summed E-state index contributed by atoms with van der Waals surface area (Å²) in [5.74, 6) is 2.49.